The van der Waals surface area contributed by atoms with Crippen LogP contribution in [-0.2, 0) is 27.1 Å². The zero-order valence-electron chi connectivity index (χ0n) is 18.7. The minimum atomic E-state index is -0.543. The van der Waals surface area contributed by atoms with Gasteiger partial charge in [0.25, 0.3) is 0 Å². The van der Waals surface area contributed by atoms with Crippen LogP contribution in [0.25, 0.3) is 0 Å². The van der Waals surface area contributed by atoms with Crippen LogP contribution in [0.5, 0.6) is 5.75 Å². The molecule has 6 heteroatoms. The molecule has 4 unspecified atom stereocenters. The number of phenolic OH excluding ortho intramolecular Hbond substituents is 1. The molecule has 170 valence electrons. The lowest BCUT2D eigenvalue weighted by Gasteiger charge is -2.23. The summed E-state index contributed by atoms with van der Waals surface area (Å²) in [6.45, 7) is 6.11. The van der Waals surface area contributed by atoms with Crippen LogP contribution in [0.1, 0.15) is 38.3 Å². The van der Waals surface area contributed by atoms with Crippen LogP contribution in [0, 0.1) is 0 Å². The zero-order valence-corrected chi connectivity index (χ0v) is 18.7. The van der Waals surface area contributed by atoms with Gasteiger partial charge >= 0.3 is 0 Å². The maximum Gasteiger partial charge on any atom is 0.220 e. The molecule has 2 aromatic rings. The average molecular weight is 430 g/mol. The molecule has 3 N–H and O–H groups in total. The Hall–Kier alpha value is -2.41. The predicted octanol–water partition coefficient (Wildman–Crippen LogP) is 3.24. The fourth-order valence-electron chi connectivity index (χ4n) is 3.03. The van der Waals surface area contributed by atoms with Crippen LogP contribution in [0.4, 0.5) is 0 Å². The Morgan fingerprint density at radius 1 is 0.935 bits per heavy atom. The Balaban J connectivity index is 1.89. The number of aromatic hydroxyl groups is 1. The monoisotopic (exact) mass is 429 g/mol. The van der Waals surface area contributed by atoms with Gasteiger partial charge in [0.1, 0.15) is 5.75 Å². The number of aryl methyl sites for hydroxylation is 1. The third kappa shape index (κ3) is 9.96. The van der Waals surface area contributed by atoms with Crippen molar-refractivity contribution in [1.82, 2.24) is 5.32 Å². The van der Waals surface area contributed by atoms with E-state index < -0.39 is 6.10 Å². The number of ether oxygens (including phenoxy) is 2. The van der Waals surface area contributed by atoms with E-state index in [0.717, 1.165) is 11.1 Å². The number of carbonyl (C=O) groups is 1. The second-order valence-electron chi connectivity index (χ2n) is 8.04. The lowest BCUT2D eigenvalue weighted by Crippen LogP contribution is -2.41. The number of aliphatic hydroxyl groups is 1. The zero-order chi connectivity index (χ0) is 22.6. The number of nitrogens with one attached hydrogen (secondary N) is 1. The van der Waals surface area contributed by atoms with Gasteiger partial charge in [0.05, 0.1) is 37.6 Å². The van der Waals surface area contributed by atoms with Crippen LogP contribution in [-0.4, -0.2) is 53.7 Å². The third-order valence-corrected chi connectivity index (χ3v) is 5.12. The van der Waals surface area contributed by atoms with Gasteiger partial charge in [-0.25, -0.2) is 0 Å². The molecule has 0 aliphatic heterocycles. The first-order chi connectivity index (χ1) is 14.8. The minimum absolute atomic E-state index is 0.0251. The second kappa shape index (κ2) is 13.1. The molecule has 0 fully saturated rings. The van der Waals surface area contributed by atoms with Gasteiger partial charge < -0.3 is 25.0 Å². The standard InChI is InChI=1S/C25H35NO5/c1-18(16-31-20(3)19(2)27)30-17-23(15-22-9-12-24(28)13-10-22)26-25(29)14-11-21-7-5-4-6-8-21/h4-10,12-13,18-20,23,27-28H,11,14-17H2,1-3H3,(H,26,29). The molecule has 2 aromatic carbocycles. The van der Waals surface area contributed by atoms with E-state index in [2.05, 4.69) is 5.32 Å². The first-order valence-corrected chi connectivity index (χ1v) is 10.9. The first kappa shape index (κ1) is 24.9. The van der Waals surface area contributed by atoms with E-state index in [1.807, 2.05) is 56.3 Å². The number of aliphatic hydroxyl groups excluding tert-OH is 1. The van der Waals surface area contributed by atoms with E-state index in [0.29, 0.717) is 32.5 Å². The number of carbonyl (C=O) groups excluding carboxylic acids is 1. The summed E-state index contributed by atoms with van der Waals surface area (Å²) in [5.74, 6) is 0.185. The van der Waals surface area contributed by atoms with Crippen molar-refractivity contribution in [2.24, 2.45) is 0 Å². The fourth-order valence-corrected chi connectivity index (χ4v) is 3.03. The van der Waals surface area contributed by atoms with Crippen molar-refractivity contribution < 1.29 is 24.5 Å². The Kier molecular flexibility index (Phi) is 10.5. The van der Waals surface area contributed by atoms with Crippen molar-refractivity contribution in [1.29, 1.82) is 0 Å². The van der Waals surface area contributed by atoms with E-state index in [9.17, 15) is 15.0 Å². The van der Waals surface area contributed by atoms with Gasteiger partial charge in [-0.3, -0.25) is 4.79 Å². The molecule has 6 nitrogen and oxygen atoms in total. The maximum absolute atomic E-state index is 12.5. The molecule has 0 aliphatic rings. The molecule has 0 heterocycles. The molecule has 0 radical (unpaired) electrons. The maximum atomic E-state index is 12.5. The molecule has 1 amide bonds. The van der Waals surface area contributed by atoms with Crippen LogP contribution in [0.15, 0.2) is 54.6 Å². The molecular formula is C25H35NO5. The van der Waals surface area contributed by atoms with Gasteiger partial charge in [-0.1, -0.05) is 42.5 Å². The number of amides is 1. The highest BCUT2D eigenvalue weighted by atomic mass is 16.5. The quantitative estimate of drug-likeness (QED) is 0.455. The highest BCUT2D eigenvalue weighted by molar-refractivity contribution is 5.76. The van der Waals surface area contributed by atoms with Crippen LogP contribution in [0.3, 0.4) is 0 Å². The number of phenols is 1. The van der Waals surface area contributed by atoms with Crippen LogP contribution >= 0.6 is 0 Å². The minimum Gasteiger partial charge on any atom is -0.508 e. The smallest absolute Gasteiger partial charge is 0.220 e. The highest BCUT2D eigenvalue weighted by Gasteiger charge is 2.17. The Labute approximate surface area is 185 Å². The summed E-state index contributed by atoms with van der Waals surface area (Å²) in [4.78, 5) is 12.5. The van der Waals surface area contributed by atoms with E-state index in [4.69, 9.17) is 9.47 Å². The van der Waals surface area contributed by atoms with E-state index in [1.54, 1.807) is 19.1 Å². The van der Waals surface area contributed by atoms with Gasteiger partial charge in [-0.15, -0.1) is 0 Å². The van der Waals surface area contributed by atoms with E-state index in [1.165, 1.54) is 0 Å². The van der Waals surface area contributed by atoms with Crippen molar-refractivity contribution in [2.75, 3.05) is 13.2 Å². The van der Waals surface area contributed by atoms with Gasteiger partial charge in [0.2, 0.25) is 5.91 Å². The van der Waals surface area contributed by atoms with Crippen molar-refractivity contribution in [3.63, 3.8) is 0 Å². The molecule has 31 heavy (non-hydrogen) atoms. The summed E-state index contributed by atoms with van der Waals surface area (Å²) in [7, 11) is 0. The largest absolute Gasteiger partial charge is 0.508 e. The molecular weight excluding hydrogens is 394 g/mol. The molecule has 0 bridgehead atoms. The van der Waals surface area contributed by atoms with Gasteiger partial charge in [0, 0.05) is 6.42 Å². The van der Waals surface area contributed by atoms with Crippen molar-refractivity contribution in [2.45, 2.75) is 64.4 Å². The van der Waals surface area contributed by atoms with Crippen LogP contribution < -0.4 is 5.32 Å². The summed E-state index contributed by atoms with van der Waals surface area (Å²) in [5, 5.41) is 22.1. The molecule has 2 rings (SSSR count). The number of benzene rings is 2. The lowest BCUT2D eigenvalue weighted by atomic mass is 10.1. The molecule has 0 spiro atoms. The van der Waals surface area contributed by atoms with E-state index in [-0.39, 0.29) is 29.9 Å². The summed E-state index contributed by atoms with van der Waals surface area (Å²) in [5.41, 5.74) is 2.13. The third-order valence-electron chi connectivity index (χ3n) is 5.12. The molecule has 0 aliphatic carbocycles. The molecule has 0 saturated carbocycles. The Morgan fingerprint density at radius 3 is 2.26 bits per heavy atom. The molecule has 4 atom stereocenters. The Bertz CT molecular complexity index is 763. The Morgan fingerprint density at radius 2 is 1.61 bits per heavy atom. The predicted molar refractivity (Wildman–Crippen MR) is 121 cm³/mol. The van der Waals surface area contributed by atoms with Crippen LogP contribution in [0.2, 0.25) is 0 Å². The second-order valence-corrected chi connectivity index (χ2v) is 8.04. The lowest BCUT2D eigenvalue weighted by molar-refractivity contribution is -0.122. The van der Waals surface area contributed by atoms with Crippen molar-refractivity contribution in [3.8, 4) is 5.75 Å². The SMILES string of the molecule is CC(COC(C)C(C)O)OCC(Cc1ccc(O)cc1)NC(=O)CCc1ccccc1. The highest BCUT2D eigenvalue weighted by Crippen LogP contribution is 2.12. The number of hydrogen-bond acceptors (Lipinski definition) is 5. The topological polar surface area (TPSA) is 88.0 Å². The first-order valence-electron chi connectivity index (χ1n) is 10.9. The summed E-state index contributed by atoms with van der Waals surface area (Å²) >= 11 is 0. The normalized spacial score (nSPS) is 15.1. The van der Waals surface area contributed by atoms with E-state index >= 15 is 0 Å². The number of rotatable bonds is 13. The van der Waals surface area contributed by atoms with Gasteiger partial charge in [-0.2, -0.15) is 0 Å². The number of hydrogen-bond donors (Lipinski definition) is 3. The van der Waals surface area contributed by atoms with Gasteiger partial charge in [0.15, 0.2) is 0 Å². The molecule has 0 saturated heterocycles. The summed E-state index contributed by atoms with van der Waals surface area (Å²) in [6, 6.07) is 16.7. The van der Waals surface area contributed by atoms with Gasteiger partial charge in [-0.05, 0) is 56.9 Å². The van der Waals surface area contributed by atoms with Crippen molar-refractivity contribution in [3.05, 3.63) is 65.7 Å². The van der Waals surface area contributed by atoms with Crippen molar-refractivity contribution >= 4 is 5.91 Å². The summed E-state index contributed by atoms with van der Waals surface area (Å²) in [6.07, 6.45) is 0.691. The molecule has 0 aromatic heterocycles. The fraction of sp³-hybridized carbons (Fsp3) is 0.480. The average Bonchev–Trinajstić information content (AvgIpc) is 2.76. The summed E-state index contributed by atoms with van der Waals surface area (Å²) < 4.78 is 11.5.